The minimum Gasteiger partial charge on any atom is -0.336 e. The summed E-state index contributed by atoms with van der Waals surface area (Å²) < 4.78 is 1.73. The Hall–Kier alpha value is -3.21. The fourth-order valence-corrected chi connectivity index (χ4v) is 4.17. The number of hydrogen-bond donors (Lipinski definition) is 0. The lowest BCUT2D eigenvalue weighted by atomic mass is 10.1. The van der Waals surface area contributed by atoms with E-state index in [0.717, 1.165) is 43.0 Å². The smallest absolute Gasteiger partial charge is 0.274 e. The fraction of sp³-hybridized carbons (Fsp3) is 0.333. The van der Waals surface area contributed by atoms with Crippen molar-refractivity contribution in [1.82, 2.24) is 24.6 Å². The van der Waals surface area contributed by atoms with Crippen molar-refractivity contribution in [3.8, 4) is 11.9 Å². The van der Waals surface area contributed by atoms with Gasteiger partial charge in [-0.1, -0.05) is 23.7 Å². The first-order valence-corrected chi connectivity index (χ1v) is 11.0. The standard InChI is InChI=1S/C24H25ClN6O/c1-17-14-18(2)31(28-17)22-9-8-21(25)23(27-22)24(32)30-11-3-10-29(12-13-30)16-20-6-4-19(15-26)5-7-20/h4-9,14H,3,10-13,16H2,1-2H3. The topological polar surface area (TPSA) is 78.0 Å². The number of pyridine rings is 1. The molecule has 0 saturated carbocycles. The first kappa shape index (κ1) is 22.0. The Balaban J connectivity index is 1.46. The number of halogens is 1. The number of nitrogens with zero attached hydrogens (tertiary/aromatic N) is 6. The number of aromatic nitrogens is 3. The number of rotatable bonds is 4. The third kappa shape index (κ3) is 4.82. The van der Waals surface area contributed by atoms with Crippen molar-refractivity contribution in [2.24, 2.45) is 0 Å². The molecule has 0 unspecified atom stereocenters. The molecule has 1 amide bonds. The van der Waals surface area contributed by atoms with Crippen molar-refractivity contribution in [2.45, 2.75) is 26.8 Å². The average molecular weight is 449 g/mol. The molecule has 0 atom stereocenters. The second-order valence-electron chi connectivity index (χ2n) is 8.07. The van der Waals surface area contributed by atoms with Gasteiger partial charge in [-0.2, -0.15) is 10.4 Å². The van der Waals surface area contributed by atoms with E-state index in [4.69, 9.17) is 16.9 Å². The number of aryl methyl sites for hydroxylation is 2. The summed E-state index contributed by atoms with van der Waals surface area (Å²) in [6.07, 6.45) is 0.872. The molecule has 4 rings (SSSR count). The molecule has 1 fully saturated rings. The van der Waals surface area contributed by atoms with Crippen LogP contribution in [0, 0.1) is 25.2 Å². The van der Waals surface area contributed by atoms with E-state index >= 15 is 0 Å². The Morgan fingerprint density at radius 1 is 1.09 bits per heavy atom. The number of hydrogen-bond acceptors (Lipinski definition) is 5. The summed E-state index contributed by atoms with van der Waals surface area (Å²) in [6, 6.07) is 15.3. The Labute approximate surface area is 192 Å². The van der Waals surface area contributed by atoms with E-state index in [-0.39, 0.29) is 11.6 Å². The summed E-state index contributed by atoms with van der Waals surface area (Å²) in [5, 5.41) is 13.8. The molecule has 1 aromatic carbocycles. The second-order valence-corrected chi connectivity index (χ2v) is 8.48. The summed E-state index contributed by atoms with van der Waals surface area (Å²) >= 11 is 6.37. The SMILES string of the molecule is Cc1cc(C)n(-c2ccc(Cl)c(C(=O)N3CCCN(Cc4ccc(C#N)cc4)CC3)n2)n1. The lowest BCUT2D eigenvalue weighted by Crippen LogP contribution is -2.35. The van der Waals surface area contributed by atoms with Crippen molar-refractivity contribution >= 4 is 17.5 Å². The molecule has 0 aliphatic carbocycles. The van der Waals surface area contributed by atoms with Gasteiger partial charge in [0, 0.05) is 38.4 Å². The largest absolute Gasteiger partial charge is 0.336 e. The molecule has 7 nitrogen and oxygen atoms in total. The average Bonchev–Trinajstić information content (AvgIpc) is 2.98. The van der Waals surface area contributed by atoms with E-state index < -0.39 is 0 Å². The molecular formula is C24H25ClN6O. The van der Waals surface area contributed by atoms with E-state index in [2.05, 4.69) is 21.1 Å². The van der Waals surface area contributed by atoms with Crippen LogP contribution in [0.15, 0.2) is 42.5 Å². The van der Waals surface area contributed by atoms with Crippen molar-refractivity contribution in [3.05, 3.63) is 75.7 Å². The maximum atomic E-state index is 13.3. The second kappa shape index (κ2) is 9.51. The highest BCUT2D eigenvalue weighted by Crippen LogP contribution is 2.20. The zero-order chi connectivity index (χ0) is 22.7. The zero-order valence-corrected chi connectivity index (χ0v) is 19.0. The number of carbonyl (C=O) groups is 1. The van der Waals surface area contributed by atoms with Gasteiger partial charge in [0.2, 0.25) is 0 Å². The molecule has 32 heavy (non-hydrogen) atoms. The number of carbonyl (C=O) groups excluding carboxylic acids is 1. The van der Waals surface area contributed by atoms with Crippen LogP contribution in [0.4, 0.5) is 0 Å². The van der Waals surface area contributed by atoms with Gasteiger partial charge in [-0.25, -0.2) is 9.67 Å². The molecule has 3 heterocycles. The van der Waals surface area contributed by atoms with Crippen molar-refractivity contribution in [1.29, 1.82) is 5.26 Å². The molecule has 3 aromatic rings. The highest BCUT2D eigenvalue weighted by Gasteiger charge is 2.24. The third-order valence-corrected chi connectivity index (χ3v) is 5.93. The van der Waals surface area contributed by atoms with Crippen molar-refractivity contribution in [3.63, 3.8) is 0 Å². The van der Waals surface area contributed by atoms with E-state index in [1.165, 1.54) is 0 Å². The van der Waals surface area contributed by atoms with Gasteiger partial charge in [-0.15, -0.1) is 0 Å². The van der Waals surface area contributed by atoms with Crippen LogP contribution in [0.1, 0.15) is 39.4 Å². The highest BCUT2D eigenvalue weighted by molar-refractivity contribution is 6.33. The summed E-state index contributed by atoms with van der Waals surface area (Å²) in [6.45, 7) is 7.60. The summed E-state index contributed by atoms with van der Waals surface area (Å²) in [5.74, 6) is 0.430. The first-order chi connectivity index (χ1) is 15.4. The maximum Gasteiger partial charge on any atom is 0.274 e. The van der Waals surface area contributed by atoms with Gasteiger partial charge < -0.3 is 4.90 Å². The van der Waals surface area contributed by atoms with Gasteiger partial charge in [-0.3, -0.25) is 9.69 Å². The zero-order valence-electron chi connectivity index (χ0n) is 18.3. The fourth-order valence-electron chi connectivity index (χ4n) is 3.99. The number of nitriles is 1. The molecule has 0 bridgehead atoms. The predicted octanol–water partition coefficient (Wildman–Crippen LogP) is 3.76. The Morgan fingerprint density at radius 3 is 2.56 bits per heavy atom. The number of benzene rings is 1. The lowest BCUT2D eigenvalue weighted by Gasteiger charge is -2.22. The van der Waals surface area contributed by atoms with Crippen LogP contribution in [0.3, 0.4) is 0 Å². The first-order valence-electron chi connectivity index (χ1n) is 10.7. The molecule has 8 heteroatoms. The van der Waals surface area contributed by atoms with Gasteiger partial charge in [0.1, 0.15) is 5.69 Å². The quantitative estimate of drug-likeness (QED) is 0.607. The van der Waals surface area contributed by atoms with Crippen LogP contribution >= 0.6 is 11.6 Å². The van der Waals surface area contributed by atoms with Gasteiger partial charge >= 0.3 is 0 Å². The molecule has 2 aromatic heterocycles. The normalized spacial score (nSPS) is 14.8. The predicted molar refractivity (Wildman–Crippen MR) is 123 cm³/mol. The van der Waals surface area contributed by atoms with Gasteiger partial charge in [0.15, 0.2) is 5.82 Å². The van der Waals surface area contributed by atoms with E-state index in [1.807, 2.05) is 49.1 Å². The van der Waals surface area contributed by atoms with Crippen LogP contribution in [-0.4, -0.2) is 56.7 Å². The molecule has 1 aliphatic heterocycles. The van der Waals surface area contributed by atoms with Crippen LogP contribution in [0.2, 0.25) is 5.02 Å². The van der Waals surface area contributed by atoms with Gasteiger partial charge in [0.05, 0.1) is 22.3 Å². The van der Waals surface area contributed by atoms with Crippen molar-refractivity contribution < 1.29 is 4.79 Å². The molecule has 1 aliphatic rings. The summed E-state index contributed by atoms with van der Waals surface area (Å²) in [5.41, 5.74) is 3.92. The van der Waals surface area contributed by atoms with Gasteiger partial charge in [0.25, 0.3) is 5.91 Å². The molecular weight excluding hydrogens is 424 g/mol. The molecule has 164 valence electrons. The van der Waals surface area contributed by atoms with E-state index in [1.54, 1.807) is 16.8 Å². The minimum atomic E-state index is -0.154. The van der Waals surface area contributed by atoms with Gasteiger partial charge in [-0.05, 0) is 56.2 Å². The summed E-state index contributed by atoms with van der Waals surface area (Å²) in [4.78, 5) is 22.0. The third-order valence-electron chi connectivity index (χ3n) is 5.63. The lowest BCUT2D eigenvalue weighted by molar-refractivity contribution is 0.0755. The highest BCUT2D eigenvalue weighted by atomic mass is 35.5. The minimum absolute atomic E-state index is 0.154. The van der Waals surface area contributed by atoms with Crippen LogP contribution in [-0.2, 0) is 6.54 Å². The van der Waals surface area contributed by atoms with E-state index in [0.29, 0.717) is 29.5 Å². The number of amides is 1. The van der Waals surface area contributed by atoms with E-state index in [9.17, 15) is 4.79 Å². The Kier molecular flexibility index (Phi) is 6.54. The maximum absolute atomic E-state index is 13.3. The molecule has 0 spiro atoms. The van der Waals surface area contributed by atoms with Crippen LogP contribution in [0.25, 0.3) is 5.82 Å². The Bertz CT molecular complexity index is 1160. The van der Waals surface area contributed by atoms with Crippen LogP contribution < -0.4 is 0 Å². The Morgan fingerprint density at radius 2 is 1.88 bits per heavy atom. The monoisotopic (exact) mass is 448 g/mol. The van der Waals surface area contributed by atoms with Crippen molar-refractivity contribution in [2.75, 3.05) is 26.2 Å². The molecule has 0 radical (unpaired) electrons. The summed E-state index contributed by atoms with van der Waals surface area (Å²) in [7, 11) is 0. The molecule has 1 saturated heterocycles. The van der Waals surface area contributed by atoms with Crippen LogP contribution in [0.5, 0.6) is 0 Å². The molecule has 0 N–H and O–H groups in total.